The molecule has 1 heterocycles. The second-order valence-electron chi connectivity index (χ2n) is 2.93. The number of carboxylic acid groups (broad SMARTS) is 1. The Balaban J connectivity index is 2.36. The number of carboxylic acids is 1. The maximum absolute atomic E-state index is 11.3. The average molecular weight is 203 g/mol. The van der Waals surface area contributed by atoms with Gasteiger partial charge in [-0.1, -0.05) is 0 Å². The number of carbonyl (C=O) groups is 2. The van der Waals surface area contributed by atoms with E-state index in [0.29, 0.717) is 18.8 Å². The van der Waals surface area contributed by atoms with Crippen LogP contribution in [0.5, 0.6) is 0 Å². The highest BCUT2D eigenvalue weighted by Crippen LogP contribution is 2.11. The van der Waals surface area contributed by atoms with E-state index in [1.165, 1.54) is 0 Å². The minimum atomic E-state index is -0.843. The molecule has 0 aromatic rings. The molecule has 0 aromatic carbocycles. The Morgan fingerprint density at radius 2 is 2.38 bits per heavy atom. The molecule has 0 aliphatic carbocycles. The van der Waals surface area contributed by atoms with Crippen molar-refractivity contribution in [3.8, 4) is 0 Å². The molecule has 1 fully saturated rings. The highest BCUT2D eigenvalue weighted by Gasteiger charge is 2.16. The van der Waals surface area contributed by atoms with E-state index in [0.717, 1.165) is 12.2 Å². The number of hydrogen-bond acceptors (Lipinski definition) is 3. The molecule has 1 N–H and O–H groups in total. The van der Waals surface area contributed by atoms with Gasteiger partial charge in [0.05, 0.1) is 12.2 Å². The molecule has 0 atom stereocenters. The molecule has 0 aromatic heterocycles. The lowest BCUT2D eigenvalue weighted by Crippen LogP contribution is -2.33. The van der Waals surface area contributed by atoms with Gasteiger partial charge in [-0.3, -0.25) is 9.59 Å². The Labute approximate surface area is 81.3 Å². The number of carbonyl (C=O) groups excluding carboxylic acids is 1. The van der Waals surface area contributed by atoms with Gasteiger partial charge in [0, 0.05) is 13.1 Å². The summed E-state index contributed by atoms with van der Waals surface area (Å²) in [4.78, 5) is 23.3. The Bertz CT molecular complexity index is 208. The number of rotatable bonds is 3. The van der Waals surface area contributed by atoms with Gasteiger partial charge in [-0.2, -0.15) is 11.8 Å². The van der Waals surface area contributed by atoms with Crippen LogP contribution < -0.4 is 0 Å². The SMILES string of the molecule is O=C(O)CCN1CCCSCC1=O. The summed E-state index contributed by atoms with van der Waals surface area (Å²) in [5.41, 5.74) is 0. The third-order valence-corrected chi connectivity index (χ3v) is 2.92. The van der Waals surface area contributed by atoms with Crippen LogP contribution in [0.15, 0.2) is 0 Å². The van der Waals surface area contributed by atoms with Crippen LogP contribution in [-0.2, 0) is 9.59 Å². The molecule has 0 radical (unpaired) electrons. The van der Waals surface area contributed by atoms with Crippen LogP contribution in [0.1, 0.15) is 12.8 Å². The van der Waals surface area contributed by atoms with Gasteiger partial charge in [0.15, 0.2) is 0 Å². The van der Waals surface area contributed by atoms with Crippen molar-refractivity contribution in [1.29, 1.82) is 0 Å². The van der Waals surface area contributed by atoms with Crippen molar-refractivity contribution in [3.05, 3.63) is 0 Å². The van der Waals surface area contributed by atoms with E-state index in [1.54, 1.807) is 16.7 Å². The summed E-state index contributed by atoms with van der Waals surface area (Å²) in [5.74, 6) is 0.725. The van der Waals surface area contributed by atoms with Gasteiger partial charge in [-0.05, 0) is 12.2 Å². The molecule has 5 heteroatoms. The molecular weight excluding hydrogens is 190 g/mol. The van der Waals surface area contributed by atoms with E-state index < -0.39 is 5.97 Å². The molecule has 0 unspecified atom stereocenters. The minimum Gasteiger partial charge on any atom is -0.481 e. The zero-order chi connectivity index (χ0) is 9.68. The van der Waals surface area contributed by atoms with Crippen LogP contribution >= 0.6 is 11.8 Å². The summed E-state index contributed by atoms with van der Waals surface area (Å²) >= 11 is 1.62. The number of nitrogens with zero attached hydrogens (tertiary/aromatic N) is 1. The molecule has 1 aliphatic heterocycles. The summed E-state index contributed by atoms with van der Waals surface area (Å²) in [6, 6.07) is 0. The van der Waals surface area contributed by atoms with Crippen molar-refractivity contribution in [3.63, 3.8) is 0 Å². The van der Waals surface area contributed by atoms with Gasteiger partial charge >= 0.3 is 5.97 Å². The zero-order valence-corrected chi connectivity index (χ0v) is 8.18. The Morgan fingerprint density at radius 1 is 1.62 bits per heavy atom. The van der Waals surface area contributed by atoms with Crippen molar-refractivity contribution in [2.24, 2.45) is 0 Å². The summed E-state index contributed by atoms with van der Waals surface area (Å²) in [7, 11) is 0. The number of aliphatic carboxylic acids is 1. The Kier molecular flexibility index (Phi) is 4.08. The van der Waals surface area contributed by atoms with Crippen LogP contribution in [0.2, 0.25) is 0 Å². The largest absolute Gasteiger partial charge is 0.481 e. The van der Waals surface area contributed by atoms with E-state index in [1.807, 2.05) is 0 Å². The minimum absolute atomic E-state index is 0.0520. The van der Waals surface area contributed by atoms with E-state index in [2.05, 4.69) is 0 Å². The fraction of sp³-hybridized carbons (Fsp3) is 0.750. The van der Waals surface area contributed by atoms with Gasteiger partial charge < -0.3 is 10.0 Å². The molecule has 74 valence electrons. The smallest absolute Gasteiger partial charge is 0.305 e. The molecule has 1 aliphatic rings. The van der Waals surface area contributed by atoms with Crippen LogP contribution in [0, 0.1) is 0 Å². The molecule has 4 nitrogen and oxygen atoms in total. The molecule has 1 saturated heterocycles. The summed E-state index contributed by atoms with van der Waals surface area (Å²) in [5, 5.41) is 8.46. The van der Waals surface area contributed by atoms with E-state index in [9.17, 15) is 9.59 Å². The molecule has 0 spiro atoms. The third kappa shape index (κ3) is 3.67. The van der Waals surface area contributed by atoms with Crippen molar-refractivity contribution in [2.75, 3.05) is 24.6 Å². The van der Waals surface area contributed by atoms with Gasteiger partial charge in [0.25, 0.3) is 0 Å². The standard InChI is InChI=1S/C8H13NO3S/c10-7-6-13-5-1-3-9(7)4-2-8(11)12/h1-6H2,(H,11,12). The first-order valence-corrected chi connectivity index (χ1v) is 5.43. The monoisotopic (exact) mass is 203 g/mol. The van der Waals surface area contributed by atoms with Crippen LogP contribution in [0.3, 0.4) is 0 Å². The molecular formula is C8H13NO3S. The number of hydrogen-bond donors (Lipinski definition) is 1. The highest BCUT2D eigenvalue weighted by molar-refractivity contribution is 7.99. The fourth-order valence-electron chi connectivity index (χ4n) is 1.20. The van der Waals surface area contributed by atoms with Gasteiger partial charge in [0.1, 0.15) is 0 Å². The summed E-state index contributed by atoms with van der Waals surface area (Å²) in [6.07, 6.45) is 1.02. The first-order valence-electron chi connectivity index (χ1n) is 4.27. The molecule has 1 amide bonds. The quantitative estimate of drug-likeness (QED) is 0.722. The fourth-order valence-corrected chi connectivity index (χ4v) is 2.03. The third-order valence-electron chi connectivity index (χ3n) is 1.89. The first-order chi connectivity index (χ1) is 6.20. The lowest BCUT2D eigenvalue weighted by molar-refractivity contribution is -0.138. The van der Waals surface area contributed by atoms with E-state index in [4.69, 9.17) is 5.11 Å². The summed E-state index contributed by atoms with van der Waals surface area (Å²) < 4.78 is 0. The van der Waals surface area contributed by atoms with Crippen molar-refractivity contribution >= 4 is 23.6 Å². The molecule has 0 bridgehead atoms. The van der Waals surface area contributed by atoms with E-state index in [-0.39, 0.29) is 12.3 Å². The van der Waals surface area contributed by atoms with Crippen molar-refractivity contribution < 1.29 is 14.7 Å². The molecule has 0 saturated carbocycles. The zero-order valence-electron chi connectivity index (χ0n) is 7.36. The first kappa shape index (κ1) is 10.4. The molecule has 1 rings (SSSR count). The maximum Gasteiger partial charge on any atom is 0.305 e. The van der Waals surface area contributed by atoms with Gasteiger partial charge in [-0.15, -0.1) is 0 Å². The predicted molar refractivity (Wildman–Crippen MR) is 50.8 cm³/mol. The Morgan fingerprint density at radius 3 is 3.08 bits per heavy atom. The predicted octanol–water partition coefficient (Wildman–Crippen LogP) is 0.427. The van der Waals surface area contributed by atoms with Gasteiger partial charge in [-0.25, -0.2) is 0 Å². The van der Waals surface area contributed by atoms with Crippen LogP contribution in [0.4, 0.5) is 0 Å². The van der Waals surface area contributed by atoms with Crippen molar-refractivity contribution in [2.45, 2.75) is 12.8 Å². The molecule has 13 heavy (non-hydrogen) atoms. The number of amides is 1. The van der Waals surface area contributed by atoms with Crippen molar-refractivity contribution in [1.82, 2.24) is 4.90 Å². The normalized spacial score (nSPS) is 18.5. The van der Waals surface area contributed by atoms with Crippen LogP contribution in [0.25, 0.3) is 0 Å². The summed E-state index contributed by atoms with van der Waals surface area (Å²) in [6.45, 7) is 1.06. The lowest BCUT2D eigenvalue weighted by atomic mass is 10.3. The van der Waals surface area contributed by atoms with Crippen LogP contribution in [-0.4, -0.2) is 46.5 Å². The Hall–Kier alpha value is -0.710. The van der Waals surface area contributed by atoms with E-state index >= 15 is 0 Å². The lowest BCUT2D eigenvalue weighted by Gasteiger charge is -2.18. The maximum atomic E-state index is 11.3. The second kappa shape index (κ2) is 5.11. The van der Waals surface area contributed by atoms with Gasteiger partial charge in [0.2, 0.25) is 5.91 Å². The second-order valence-corrected chi connectivity index (χ2v) is 4.04. The number of thioether (sulfide) groups is 1. The topological polar surface area (TPSA) is 57.6 Å². The highest BCUT2D eigenvalue weighted by atomic mass is 32.2. The average Bonchev–Trinajstić information content (AvgIpc) is 2.27.